The molecule has 0 aromatic rings. The molecule has 8 heteroatoms. The lowest BCUT2D eigenvalue weighted by molar-refractivity contribution is -0.241. The van der Waals surface area contributed by atoms with Crippen LogP contribution in [0.5, 0.6) is 0 Å². The zero-order valence-electron chi connectivity index (χ0n) is 25.4. The summed E-state index contributed by atoms with van der Waals surface area (Å²) < 4.78 is 10.7. The van der Waals surface area contributed by atoms with Crippen LogP contribution in [0.3, 0.4) is 0 Å². The van der Waals surface area contributed by atoms with Gasteiger partial charge in [-0.25, -0.2) is 0 Å². The maximum absolute atomic E-state index is 12.5. The second-order valence-electron chi connectivity index (χ2n) is 11.7. The lowest BCUT2D eigenvalue weighted by atomic mass is 9.84. The van der Waals surface area contributed by atoms with Crippen LogP contribution in [-0.4, -0.2) is 69.0 Å². The molecule has 236 valence electrons. The first-order chi connectivity index (χ1) is 19.3. The fraction of sp³-hybridized carbons (Fsp3) is 0.938. The minimum Gasteiger partial charge on any atom is -0.455 e. The van der Waals surface area contributed by atoms with Crippen molar-refractivity contribution in [3.8, 4) is 0 Å². The van der Waals surface area contributed by atoms with E-state index in [9.17, 15) is 30.0 Å². The topological polar surface area (TPSA) is 134 Å². The van der Waals surface area contributed by atoms with Crippen molar-refractivity contribution in [1.82, 2.24) is 0 Å². The van der Waals surface area contributed by atoms with Crippen molar-refractivity contribution >= 4 is 11.9 Å². The molecule has 0 radical (unpaired) electrons. The summed E-state index contributed by atoms with van der Waals surface area (Å²) in [5, 5.41) is 40.9. The third-order valence-electron chi connectivity index (χ3n) is 8.05. The molecule has 0 bridgehead atoms. The van der Waals surface area contributed by atoms with Crippen LogP contribution in [-0.2, 0) is 19.1 Å². The largest absolute Gasteiger partial charge is 0.455 e. The van der Waals surface area contributed by atoms with E-state index >= 15 is 0 Å². The summed E-state index contributed by atoms with van der Waals surface area (Å²) in [4.78, 5) is 24.7. The molecule has 0 spiro atoms. The van der Waals surface area contributed by atoms with Crippen molar-refractivity contribution in [2.45, 2.75) is 192 Å². The van der Waals surface area contributed by atoms with Crippen molar-refractivity contribution in [2.75, 3.05) is 0 Å². The molecule has 0 heterocycles. The highest BCUT2D eigenvalue weighted by molar-refractivity contribution is 5.70. The third-order valence-corrected chi connectivity index (χ3v) is 8.05. The van der Waals surface area contributed by atoms with Crippen LogP contribution in [0.25, 0.3) is 0 Å². The molecule has 0 amide bonds. The van der Waals surface area contributed by atoms with E-state index in [-0.39, 0.29) is 12.8 Å². The summed E-state index contributed by atoms with van der Waals surface area (Å²) in [6, 6.07) is 0. The van der Waals surface area contributed by atoms with Gasteiger partial charge in [0, 0.05) is 12.8 Å². The Hall–Kier alpha value is -1.22. The van der Waals surface area contributed by atoms with Gasteiger partial charge >= 0.3 is 11.9 Å². The molecule has 0 saturated heterocycles. The van der Waals surface area contributed by atoms with Crippen LogP contribution in [0, 0.1) is 0 Å². The van der Waals surface area contributed by atoms with E-state index in [0.717, 1.165) is 32.1 Å². The van der Waals surface area contributed by atoms with Gasteiger partial charge in [0.15, 0.2) is 12.2 Å². The molecule has 0 aliphatic heterocycles. The molecule has 0 unspecified atom stereocenters. The van der Waals surface area contributed by atoms with Crippen molar-refractivity contribution < 1.29 is 39.5 Å². The van der Waals surface area contributed by atoms with Gasteiger partial charge in [0.2, 0.25) is 0 Å². The molecule has 6 atom stereocenters. The van der Waals surface area contributed by atoms with Gasteiger partial charge in [-0.05, 0) is 12.8 Å². The molecule has 1 rings (SSSR count). The van der Waals surface area contributed by atoms with Crippen LogP contribution in [0.1, 0.15) is 155 Å². The Balaban J connectivity index is 2.18. The average molecular weight is 573 g/mol. The van der Waals surface area contributed by atoms with Gasteiger partial charge < -0.3 is 29.9 Å². The normalized spacial score (nSPS) is 24.6. The average Bonchev–Trinajstić information content (AvgIpc) is 2.94. The Morgan fingerprint density at radius 2 is 0.675 bits per heavy atom. The number of esters is 2. The maximum atomic E-state index is 12.5. The van der Waals surface area contributed by atoms with Crippen molar-refractivity contribution in [3.63, 3.8) is 0 Å². The van der Waals surface area contributed by atoms with E-state index in [0.29, 0.717) is 12.8 Å². The number of carbonyl (C=O) groups excluding carboxylic acids is 2. The molecule has 8 nitrogen and oxygen atoms in total. The molecule has 1 fully saturated rings. The first-order valence-corrected chi connectivity index (χ1v) is 16.4. The maximum Gasteiger partial charge on any atom is 0.306 e. The minimum absolute atomic E-state index is 0.117. The molecular formula is C32H60O8. The molecular weight excluding hydrogens is 512 g/mol. The van der Waals surface area contributed by atoms with Crippen LogP contribution in [0.15, 0.2) is 0 Å². The molecule has 0 aromatic carbocycles. The Labute approximate surface area is 243 Å². The van der Waals surface area contributed by atoms with Crippen LogP contribution in [0.2, 0.25) is 0 Å². The van der Waals surface area contributed by atoms with Gasteiger partial charge in [0.25, 0.3) is 0 Å². The highest BCUT2D eigenvalue weighted by Crippen LogP contribution is 2.27. The fourth-order valence-corrected chi connectivity index (χ4v) is 5.39. The summed E-state index contributed by atoms with van der Waals surface area (Å²) in [7, 11) is 0. The number of aliphatic hydroxyl groups excluding tert-OH is 4. The van der Waals surface area contributed by atoms with Gasteiger partial charge in [0.05, 0.1) is 0 Å². The van der Waals surface area contributed by atoms with E-state index in [1.165, 1.54) is 83.5 Å². The summed E-state index contributed by atoms with van der Waals surface area (Å²) in [6.07, 6.45) is 14.1. The number of aliphatic hydroxyl groups is 4. The highest BCUT2D eigenvalue weighted by Gasteiger charge is 2.52. The first-order valence-electron chi connectivity index (χ1n) is 16.4. The molecule has 0 aromatic heterocycles. The van der Waals surface area contributed by atoms with Crippen molar-refractivity contribution in [2.24, 2.45) is 0 Å². The van der Waals surface area contributed by atoms with Gasteiger partial charge in [-0.15, -0.1) is 0 Å². The smallest absolute Gasteiger partial charge is 0.306 e. The van der Waals surface area contributed by atoms with E-state index in [2.05, 4.69) is 6.92 Å². The molecule has 1 saturated carbocycles. The zero-order valence-corrected chi connectivity index (χ0v) is 25.4. The molecule has 1 aliphatic rings. The molecule has 1 aliphatic carbocycles. The fourth-order valence-electron chi connectivity index (χ4n) is 5.39. The highest BCUT2D eigenvalue weighted by atomic mass is 16.6. The Bertz CT molecular complexity index is 642. The SMILES string of the molecule is CCCCCCCCCCCCCCCCCCCC(=O)O[C@@H]1[C@H](O)[C@@H](O)[C@H](O)[C@@H](O)[C@@H]1OC(=O)CCCCC. The van der Waals surface area contributed by atoms with Gasteiger partial charge in [-0.2, -0.15) is 0 Å². The van der Waals surface area contributed by atoms with E-state index in [4.69, 9.17) is 9.47 Å². The summed E-state index contributed by atoms with van der Waals surface area (Å²) in [6.45, 7) is 4.26. The van der Waals surface area contributed by atoms with Gasteiger partial charge in [-0.1, -0.05) is 129 Å². The van der Waals surface area contributed by atoms with E-state index in [1.54, 1.807) is 0 Å². The number of unbranched alkanes of at least 4 members (excludes halogenated alkanes) is 18. The Morgan fingerprint density at radius 3 is 1.00 bits per heavy atom. The summed E-state index contributed by atoms with van der Waals surface area (Å²) in [5.41, 5.74) is 0. The number of hydrogen-bond acceptors (Lipinski definition) is 8. The minimum atomic E-state index is -1.72. The number of rotatable bonds is 24. The lowest BCUT2D eigenvalue weighted by Gasteiger charge is -2.42. The van der Waals surface area contributed by atoms with Crippen LogP contribution in [0.4, 0.5) is 0 Å². The van der Waals surface area contributed by atoms with E-state index < -0.39 is 48.6 Å². The molecule has 40 heavy (non-hydrogen) atoms. The predicted molar refractivity (Wildman–Crippen MR) is 157 cm³/mol. The number of ether oxygens (including phenoxy) is 2. The van der Waals surface area contributed by atoms with Crippen molar-refractivity contribution in [3.05, 3.63) is 0 Å². The standard InChI is InChI=1S/C32H60O8/c1-3-5-7-8-9-10-11-12-13-14-15-16-17-18-19-20-22-24-26(34)40-32-30(38)28(36)27(35)29(37)31(32)39-25(33)23-21-6-4-2/h27-32,35-38H,3-24H2,1-2H3/t27-,28-,29+,30+,31-,32+/m0/s1. The number of hydrogen-bond donors (Lipinski definition) is 4. The number of carbonyl (C=O) groups is 2. The van der Waals surface area contributed by atoms with Crippen LogP contribution >= 0.6 is 0 Å². The quantitative estimate of drug-likeness (QED) is 0.0831. The van der Waals surface area contributed by atoms with Gasteiger partial charge in [-0.3, -0.25) is 9.59 Å². The monoisotopic (exact) mass is 572 g/mol. The third kappa shape index (κ3) is 15.7. The van der Waals surface area contributed by atoms with Crippen molar-refractivity contribution in [1.29, 1.82) is 0 Å². The second kappa shape index (κ2) is 23.4. The van der Waals surface area contributed by atoms with Gasteiger partial charge in [0.1, 0.15) is 24.4 Å². The van der Waals surface area contributed by atoms with E-state index in [1.807, 2.05) is 6.92 Å². The zero-order chi connectivity index (χ0) is 29.6. The Morgan fingerprint density at radius 1 is 0.425 bits per heavy atom. The lowest BCUT2D eigenvalue weighted by Crippen LogP contribution is -2.65. The first kappa shape index (κ1) is 36.8. The summed E-state index contributed by atoms with van der Waals surface area (Å²) >= 11 is 0. The second-order valence-corrected chi connectivity index (χ2v) is 11.7. The van der Waals surface area contributed by atoms with Crippen LogP contribution < -0.4 is 0 Å². The Kier molecular flexibility index (Phi) is 21.5. The predicted octanol–water partition coefficient (Wildman–Crippen LogP) is 5.89. The molecule has 4 N–H and O–H groups in total. The summed E-state index contributed by atoms with van der Waals surface area (Å²) in [5.74, 6) is -1.20.